The lowest BCUT2D eigenvalue weighted by molar-refractivity contribution is 0.212. The molecule has 1 heterocycles. The first-order chi connectivity index (χ1) is 10.4. The fourth-order valence-electron chi connectivity index (χ4n) is 2.01. The highest BCUT2D eigenvalue weighted by molar-refractivity contribution is 5.88. The Bertz CT molecular complexity index is 614. The van der Waals surface area contributed by atoms with E-state index in [1.165, 1.54) is 0 Å². The second kappa shape index (κ2) is 6.64. The second-order valence-corrected chi connectivity index (χ2v) is 6.26. The van der Waals surface area contributed by atoms with Crippen molar-refractivity contribution in [3.63, 3.8) is 0 Å². The summed E-state index contributed by atoms with van der Waals surface area (Å²) in [7, 11) is 0. The molecular formula is C17H23N3O2. The number of aromatic nitrogens is 1. The molecule has 2 rings (SSSR count). The molecule has 0 fully saturated rings. The van der Waals surface area contributed by atoms with E-state index in [9.17, 15) is 4.79 Å². The van der Waals surface area contributed by atoms with Crippen LogP contribution in [-0.2, 0) is 12.0 Å². The summed E-state index contributed by atoms with van der Waals surface area (Å²) in [5.74, 6) is 1.19. The maximum absolute atomic E-state index is 12.3. The van der Waals surface area contributed by atoms with Crippen LogP contribution in [0.3, 0.4) is 0 Å². The molecule has 118 valence electrons. The van der Waals surface area contributed by atoms with Crippen molar-refractivity contribution in [2.75, 3.05) is 11.9 Å². The predicted octanol–water partition coefficient (Wildman–Crippen LogP) is 4.03. The molecule has 0 aliphatic carbocycles. The van der Waals surface area contributed by atoms with Crippen LogP contribution in [0.25, 0.3) is 0 Å². The Hall–Kier alpha value is -2.30. The van der Waals surface area contributed by atoms with Gasteiger partial charge in [0.15, 0.2) is 5.82 Å². The molecule has 1 aromatic heterocycles. The average Bonchev–Trinajstić information content (AvgIpc) is 2.94. The number of benzene rings is 1. The molecule has 1 aromatic carbocycles. The van der Waals surface area contributed by atoms with Crippen LogP contribution in [0.2, 0.25) is 0 Å². The summed E-state index contributed by atoms with van der Waals surface area (Å²) in [4.78, 5) is 14.1. The maximum atomic E-state index is 12.3. The number of hydrogen-bond acceptors (Lipinski definition) is 3. The predicted molar refractivity (Wildman–Crippen MR) is 86.7 cm³/mol. The number of hydrogen-bond donors (Lipinski definition) is 1. The van der Waals surface area contributed by atoms with Crippen molar-refractivity contribution in [3.8, 4) is 0 Å². The quantitative estimate of drug-likeness (QED) is 0.927. The van der Waals surface area contributed by atoms with Crippen molar-refractivity contribution >= 4 is 11.8 Å². The number of carbonyl (C=O) groups excluding carboxylic acids is 1. The number of rotatable bonds is 4. The minimum absolute atomic E-state index is 0.134. The molecule has 0 atom stereocenters. The van der Waals surface area contributed by atoms with E-state index in [1.807, 2.05) is 58.0 Å². The number of nitrogens with one attached hydrogen (secondary N) is 1. The Morgan fingerprint density at radius 2 is 1.95 bits per heavy atom. The van der Waals surface area contributed by atoms with Crippen molar-refractivity contribution in [1.82, 2.24) is 10.1 Å². The largest absolute Gasteiger partial charge is 0.359 e. The summed E-state index contributed by atoms with van der Waals surface area (Å²) < 4.78 is 5.28. The zero-order chi connectivity index (χ0) is 16.2. The number of carbonyl (C=O) groups is 1. The van der Waals surface area contributed by atoms with Crippen molar-refractivity contribution in [3.05, 3.63) is 47.7 Å². The van der Waals surface area contributed by atoms with Gasteiger partial charge in [0.1, 0.15) is 5.76 Å². The van der Waals surface area contributed by atoms with Gasteiger partial charge in [-0.05, 0) is 12.5 Å². The minimum atomic E-state index is -0.180. The highest BCUT2D eigenvalue weighted by atomic mass is 16.5. The molecule has 5 heteroatoms. The van der Waals surface area contributed by atoms with Crippen molar-refractivity contribution in [1.29, 1.82) is 0 Å². The van der Waals surface area contributed by atoms with E-state index in [2.05, 4.69) is 10.5 Å². The van der Waals surface area contributed by atoms with Gasteiger partial charge in [-0.2, -0.15) is 0 Å². The summed E-state index contributed by atoms with van der Waals surface area (Å²) in [5.41, 5.74) is 0.958. The zero-order valence-corrected chi connectivity index (χ0v) is 13.6. The maximum Gasteiger partial charge on any atom is 0.323 e. The lowest BCUT2D eigenvalue weighted by Crippen LogP contribution is -2.34. The Kier molecular flexibility index (Phi) is 4.85. The van der Waals surface area contributed by atoms with E-state index in [0.717, 1.165) is 11.3 Å². The molecule has 2 amide bonds. The summed E-state index contributed by atoms with van der Waals surface area (Å²) in [6.45, 7) is 9.23. The number of nitrogens with zero attached hydrogens (tertiary/aromatic N) is 2. The summed E-state index contributed by atoms with van der Waals surface area (Å²) in [6.07, 6.45) is 0. The highest BCUT2D eigenvalue weighted by Crippen LogP contribution is 2.24. The molecule has 5 nitrogen and oxygen atoms in total. The monoisotopic (exact) mass is 301 g/mol. The average molecular weight is 301 g/mol. The number of amides is 2. The smallest absolute Gasteiger partial charge is 0.323 e. The van der Waals surface area contributed by atoms with Crippen LogP contribution in [0.15, 0.2) is 40.9 Å². The van der Waals surface area contributed by atoms with Gasteiger partial charge in [-0.1, -0.05) is 56.3 Å². The normalized spacial score (nSPS) is 11.3. The lowest BCUT2D eigenvalue weighted by atomic mass is 9.93. The molecule has 22 heavy (non-hydrogen) atoms. The van der Waals surface area contributed by atoms with Crippen LogP contribution in [0, 0.1) is 0 Å². The summed E-state index contributed by atoms with van der Waals surface area (Å²) >= 11 is 0. The van der Waals surface area contributed by atoms with Crippen LogP contribution in [0.1, 0.15) is 39.0 Å². The van der Waals surface area contributed by atoms with Crippen LogP contribution in [-0.4, -0.2) is 22.6 Å². The highest BCUT2D eigenvalue weighted by Gasteiger charge is 2.21. The van der Waals surface area contributed by atoms with Gasteiger partial charge >= 0.3 is 6.03 Å². The van der Waals surface area contributed by atoms with E-state index < -0.39 is 0 Å². The van der Waals surface area contributed by atoms with E-state index in [-0.39, 0.29) is 11.4 Å². The lowest BCUT2D eigenvalue weighted by Gasteiger charge is -2.20. The molecule has 0 saturated heterocycles. The van der Waals surface area contributed by atoms with Gasteiger partial charge in [0, 0.05) is 24.6 Å². The van der Waals surface area contributed by atoms with E-state index in [4.69, 9.17) is 4.52 Å². The minimum Gasteiger partial charge on any atom is -0.359 e. The first-order valence-electron chi connectivity index (χ1n) is 7.47. The number of anilines is 1. The Morgan fingerprint density at radius 3 is 2.50 bits per heavy atom. The topological polar surface area (TPSA) is 58.4 Å². The van der Waals surface area contributed by atoms with Crippen LogP contribution >= 0.6 is 0 Å². The Balaban J connectivity index is 2.02. The van der Waals surface area contributed by atoms with E-state index >= 15 is 0 Å². The third-order valence-electron chi connectivity index (χ3n) is 3.37. The molecule has 0 bridgehead atoms. The Morgan fingerprint density at radius 1 is 1.27 bits per heavy atom. The molecule has 1 N–H and O–H groups in total. The standard InChI is InChI=1S/C17H23N3O2/c1-5-20(12-13-9-7-6-8-10-13)16(21)18-15-11-14(22-19-15)17(2,3)4/h6-11H,5,12H2,1-4H3,(H,18,19,21). The van der Waals surface area contributed by atoms with Gasteiger partial charge in [-0.3, -0.25) is 5.32 Å². The molecule has 0 unspecified atom stereocenters. The van der Waals surface area contributed by atoms with Gasteiger partial charge in [0.2, 0.25) is 0 Å². The van der Waals surface area contributed by atoms with E-state index in [0.29, 0.717) is 18.9 Å². The second-order valence-electron chi connectivity index (χ2n) is 6.26. The fraction of sp³-hybridized carbons (Fsp3) is 0.412. The molecular weight excluding hydrogens is 278 g/mol. The van der Waals surface area contributed by atoms with Crippen molar-refractivity contribution < 1.29 is 9.32 Å². The molecule has 0 aliphatic rings. The van der Waals surface area contributed by atoms with Gasteiger partial charge in [-0.15, -0.1) is 0 Å². The Labute approximate surface area is 131 Å². The first-order valence-corrected chi connectivity index (χ1v) is 7.47. The number of urea groups is 1. The van der Waals surface area contributed by atoms with Gasteiger partial charge in [0.05, 0.1) is 0 Å². The van der Waals surface area contributed by atoms with Gasteiger partial charge < -0.3 is 9.42 Å². The first kappa shape index (κ1) is 16.1. The SMILES string of the molecule is CCN(Cc1ccccc1)C(=O)Nc1cc(C(C)(C)C)on1. The van der Waals surface area contributed by atoms with Crippen molar-refractivity contribution in [2.45, 2.75) is 39.7 Å². The molecule has 0 spiro atoms. The van der Waals surface area contributed by atoms with Gasteiger partial charge in [-0.25, -0.2) is 4.79 Å². The molecule has 2 aromatic rings. The van der Waals surface area contributed by atoms with Gasteiger partial charge in [0.25, 0.3) is 0 Å². The summed E-state index contributed by atoms with van der Waals surface area (Å²) in [5, 5.41) is 6.70. The van der Waals surface area contributed by atoms with Crippen molar-refractivity contribution in [2.24, 2.45) is 0 Å². The molecule has 0 saturated carbocycles. The third-order valence-corrected chi connectivity index (χ3v) is 3.37. The zero-order valence-electron chi connectivity index (χ0n) is 13.6. The third kappa shape index (κ3) is 4.10. The van der Waals surface area contributed by atoms with Crippen LogP contribution < -0.4 is 5.32 Å². The molecule has 0 aliphatic heterocycles. The van der Waals surface area contributed by atoms with Crippen LogP contribution in [0.4, 0.5) is 10.6 Å². The summed E-state index contributed by atoms with van der Waals surface area (Å²) in [6, 6.07) is 11.5. The van der Waals surface area contributed by atoms with Crippen LogP contribution in [0.5, 0.6) is 0 Å². The fourth-order valence-corrected chi connectivity index (χ4v) is 2.01. The molecule has 0 radical (unpaired) electrons. The van der Waals surface area contributed by atoms with E-state index in [1.54, 1.807) is 11.0 Å².